The standard InChI is InChI=1S/C13H20ClN3O2/c1-2-3-6-17(7-8-18)12-5-4-10(9-11(12)14)13(15)16-19/h4-5,9,18-19H,2-3,6-8H2,1H3,(H2,15,16). The largest absolute Gasteiger partial charge is 0.409 e. The van der Waals surface area contributed by atoms with Gasteiger partial charge in [-0.3, -0.25) is 0 Å². The Kier molecular flexibility index (Phi) is 6.45. The molecule has 0 spiro atoms. The molecule has 0 unspecified atom stereocenters. The van der Waals surface area contributed by atoms with Crippen molar-refractivity contribution in [3.05, 3.63) is 28.8 Å². The summed E-state index contributed by atoms with van der Waals surface area (Å²) in [5, 5.41) is 21.2. The lowest BCUT2D eigenvalue weighted by Gasteiger charge is -2.25. The van der Waals surface area contributed by atoms with E-state index in [0.29, 0.717) is 17.1 Å². The van der Waals surface area contributed by atoms with Crippen molar-refractivity contribution >= 4 is 23.1 Å². The quantitative estimate of drug-likeness (QED) is 0.310. The lowest BCUT2D eigenvalue weighted by atomic mass is 10.1. The van der Waals surface area contributed by atoms with Crippen LogP contribution in [0.5, 0.6) is 0 Å². The van der Waals surface area contributed by atoms with E-state index in [9.17, 15) is 0 Å². The normalized spacial score (nSPS) is 11.6. The number of halogens is 1. The molecule has 4 N–H and O–H groups in total. The first kappa shape index (κ1) is 15.6. The number of nitrogens with zero attached hydrogens (tertiary/aromatic N) is 2. The number of unbranched alkanes of at least 4 members (excludes halogenated alkanes) is 1. The van der Waals surface area contributed by atoms with Crippen LogP contribution in [-0.2, 0) is 0 Å². The molecule has 6 heteroatoms. The second-order valence-electron chi connectivity index (χ2n) is 4.22. The van der Waals surface area contributed by atoms with Crippen LogP contribution in [0.4, 0.5) is 5.69 Å². The minimum Gasteiger partial charge on any atom is -0.409 e. The first-order valence-electron chi connectivity index (χ1n) is 6.27. The number of amidine groups is 1. The Bertz CT molecular complexity index is 438. The van der Waals surface area contributed by atoms with Gasteiger partial charge in [0.05, 0.1) is 17.3 Å². The molecular formula is C13H20ClN3O2. The SMILES string of the molecule is CCCCN(CCO)c1ccc(/C(N)=N/O)cc1Cl. The summed E-state index contributed by atoms with van der Waals surface area (Å²) in [6.45, 7) is 3.55. The lowest BCUT2D eigenvalue weighted by molar-refractivity contribution is 0.301. The van der Waals surface area contributed by atoms with Crippen molar-refractivity contribution in [3.63, 3.8) is 0 Å². The van der Waals surface area contributed by atoms with E-state index < -0.39 is 0 Å². The Morgan fingerprint density at radius 1 is 1.42 bits per heavy atom. The molecule has 1 aromatic carbocycles. The van der Waals surface area contributed by atoms with E-state index in [1.54, 1.807) is 12.1 Å². The average Bonchev–Trinajstić information content (AvgIpc) is 2.42. The van der Waals surface area contributed by atoms with Crippen molar-refractivity contribution < 1.29 is 10.3 Å². The van der Waals surface area contributed by atoms with Crippen LogP contribution in [-0.4, -0.2) is 35.8 Å². The van der Waals surface area contributed by atoms with Crippen LogP contribution in [0.25, 0.3) is 0 Å². The van der Waals surface area contributed by atoms with Gasteiger partial charge in [-0.1, -0.05) is 30.1 Å². The van der Waals surface area contributed by atoms with E-state index in [2.05, 4.69) is 12.1 Å². The van der Waals surface area contributed by atoms with Crippen LogP contribution in [0.3, 0.4) is 0 Å². The van der Waals surface area contributed by atoms with E-state index in [1.807, 2.05) is 11.0 Å². The number of benzene rings is 1. The zero-order valence-electron chi connectivity index (χ0n) is 11.0. The van der Waals surface area contributed by atoms with E-state index in [4.69, 9.17) is 27.6 Å². The monoisotopic (exact) mass is 285 g/mol. The summed E-state index contributed by atoms with van der Waals surface area (Å²) >= 11 is 6.22. The van der Waals surface area contributed by atoms with Gasteiger partial charge in [-0.25, -0.2) is 0 Å². The smallest absolute Gasteiger partial charge is 0.170 e. The molecule has 0 saturated heterocycles. The van der Waals surface area contributed by atoms with Gasteiger partial charge in [0.2, 0.25) is 0 Å². The third kappa shape index (κ3) is 4.29. The summed E-state index contributed by atoms with van der Waals surface area (Å²) in [4.78, 5) is 2.03. The minimum absolute atomic E-state index is 0.0238. The zero-order chi connectivity index (χ0) is 14.3. The maximum Gasteiger partial charge on any atom is 0.170 e. The number of hydrogen-bond acceptors (Lipinski definition) is 4. The maximum absolute atomic E-state index is 9.11. The van der Waals surface area contributed by atoms with Gasteiger partial charge in [-0.2, -0.15) is 0 Å². The lowest BCUT2D eigenvalue weighted by Crippen LogP contribution is -2.28. The number of aliphatic hydroxyl groups is 1. The third-order valence-corrected chi connectivity index (χ3v) is 3.15. The summed E-state index contributed by atoms with van der Waals surface area (Å²) in [5.74, 6) is 0.0238. The van der Waals surface area contributed by atoms with Crippen LogP contribution in [0.15, 0.2) is 23.4 Å². The molecule has 0 aromatic heterocycles. The Hall–Kier alpha value is -1.46. The van der Waals surface area contributed by atoms with Gasteiger partial charge in [0.15, 0.2) is 5.84 Å². The van der Waals surface area contributed by atoms with E-state index in [-0.39, 0.29) is 12.4 Å². The van der Waals surface area contributed by atoms with Crippen LogP contribution in [0, 0.1) is 0 Å². The number of oxime groups is 1. The minimum atomic E-state index is 0.0238. The van der Waals surface area contributed by atoms with Crippen molar-refractivity contribution in [2.75, 3.05) is 24.6 Å². The van der Waals surface area contributed by atoms with Crippen molar-refractivity contribution in [1.82, 2.24) is 0 Å². The topological polar surface area (TPSA) is 82.1 Å². The predicted molar refractivity (Wildman–Crippen MR) is 78.2 cm³/mol. The van der Waals surface area contributed by atoms with Crippen LogP contribution >= 0.6 is 11.6 Å². The van der Waals surface area contributed by atoms with Crippen molar-refractivity contribution in [1.29, 1.82) is 0 Å². The Morgan fingerprint density at radius 3 is 2.68 bits per heavy atom. The van der Waals surface area contributed by atoms with Crippen LogP contribution < -0.4 is 10.6 Å². The third-order valence-electron chi connectivity index (χ3n) is 2.84. The van der Waals surface area contributed by atoms with Crippen molar-refractivity contribution in [2.24, 2.45) is 10.9 Å². The Morgan fingerprint density at radius 2 is 2.16 bits per heavy atom. The molecule has 5 nitrogen and oxygen atoms in total. The molecule has 0 aliphatic carbocycles. The summed E-state index contributed by atoms with van der Waals surface area (Å²) in [6.07, 6.45) is 2.10. The fraction of sp³-hybridized carbons (Fsp3) is 0.462. The molecule has 1 rings (SSSR count). The van der Waals surface area contributed by atoms with Gasteiger partial charge < -0.3 is 20.9 Å². The van der Waals surface area contributed by atoms with E-state index in [1.165, 1.54) is 0 Å². The molecule has 0 radical (unpaired) electrons. The highest BCUT2D eigenvalue weighted by Gasteiger charge is 2.11. The highest BCUT2D eigenvalue weighted by atomic mass is 35.5. The zero-order valence-corrected chi connectivity index (χ0v) is 11.8. The molecule has 0 aliphatic rings. The molecule has 0 heterocycles. The molecule has 0 atom stereocenters. The number of rotatable bonds is 7. The van der Waals surface area contributed by atoms with Crippen molar-refractivity contribution in [3.8, 4) is 0 Å². The van der Waals surface area contributed by atoms with Crippen LogP contribution in [0.1, 0.15) is 25.3 Å². The highest BCUT2D eigenvalue weighted by Crippen LogP contribution is 2.27. The van der Waals surface area contributed by atoms with Crippen molar-refractivity contribution in [2.45, 2.75) is 19.8 Å². The van der Waals surface area contributed by atoms with Gasteiger partial charge in [0, 0.05) is 18.7 Å². The van der Waals surface area contributed by atoms with Gasteiger partial charge in [0.1, 0.15) is 0 Å². The second kappa shape index (κ2) is 7.86. The summed E-state index contributed by atoms with van der Waals surface area (Å²) in [5.41, 5.74) is 6.93. The molecule has 1 aromatic rings. The molecule has 0 aliphatic heterocycles. The highest BCUT2D eigenvalue weighted by molar-refractivity contribution is 6.33. The maximum atomic E-state index is 9.11. The Balaban J connectivity index is 2.97. The molecule has 0 saturated carbocycles. The fourth-order valence-electron chi connectivity index (χ4n) is 1.80. The summed E-state index contributed by atoms with van der Waals surface area (Å²) < 4.78 is 0. The first-order valence-corrected chi connectivity index (χ1v) is 6.65. The number of hydrogen-bond donors (Lipinski definition) is 3. The molecular weight excluding hydrogens is 266 g/mol. The number of anilines is 1. The first-order chi connectivity index (χ1) is 9.13. The van der Waals surface area contributed by atoms with Crippen LogP contribution in [0.2, 0.25) is 5.02 Å². The predicted octanol–water partition coefficient (Wildman–Crippen LogP) is 2.03. The molecule has 0 bridgehead atoms. The fourth-order valence-corrected chi connectivity index (χ4v) is 2.10. The average molecular weight is 286 g/mol. The van der Waals surface area contributed by atoms with Gasteiger partial charge in [-0.15, -0.1) is 0 Å². The molecule has 0 fully saturated rings. The van der Waals surface area contributed by atoms with Gasteiger partial charge in [0.25, 0.3) is 0 Å². The molecule has 106 valence electrons. The number of aliphatic hydroxyl groups excluding tert-OH is 1. The Labute approximate surface area is 118 Å². The van der Waals surface area contributed by atoms with E-state index in [0.717, 1.165) is 25.1 Å². The van der Waals surface area contributed by atoms with E-state index >= 15 is 0 Å². The van der Waals surface area contributed by atoms with Gasteiger partial charge >= 0.3 is 0 Å². The molecule has 0 amide bonds. The number of nitrogens with two attached hydrogens (primary N) is 1. The van der Waals surface area contributed by atoms with Gasteiger partial charge in [-0.05, 0) is 24.6 Å². The second-order valence-corrected chi connectivity index (χ2v) is 4.62. The summed E-state index contributed by atoms with van der Waals surface area (Å²) in [7, 11) is 0. The summed E-state index contributed by atoms with van der Waals surface area (Å²) in [6, 6.07) is 5.22. The molecule has 19 heavy (non-hydrogen) atoms.